The van der Waals surface area contributed by atoms with Crippen molar-refractivity contribution in [1.29, 1.82) is 0 Å². The molecule has 0 saturated carbocycles. The largest absolute Gasteiger partial charge is 0.507 e. The van der Waals surface area contributed by atoms with E-state index in [1.807, 2.05) is 0 Å². The third kappa shape index (κ3) is 2.98. The summed E-state index contributed by atoms with van der Waals surface area (Å²) in [5.41, 5.74) is 0.107. The Morgan fingerprint density at radius 1 is 1.50 bits per heavy atom. The molecule has 0 aromatic heterocycles. The van der Waals surface area contributed by atoms with Crippen LogP contribution in [-0.2, 0) is 0 Å². The molecule has 1 aromatic carbocycles. The molecule has 4 nitrogen and oxygen atoms in total. The van der Waals surface area contributed by atoms with Gasteiger partial charge in [-0.15, -0.1) is 0 Å². The quantitative estimate of drug-likeness (QED) is 0.745. The summed E-state index contributed by atoms with van der Waals surface area (Å²) in [6.45, 7) is 2.82. The fourth-order valence-corrected chi connectivity index (χ4v) is 2.08. The molecule has 3 N–H and O–H groups in total. The number of hydrogen-bond acceptors (Lipinski definition) is 3. The van der Waals surface area contributed by atoms with Crippen molar-refractivity contribution >= 4 is 5.91 Å². The average Bonchev–Trinajstić information content (AvgIpc) is 2.32. The van der Waals surface area contributed by atoms with Crippen LogP contribution in [0, 0.1) is 5.82 Å². The second-order valence-electron chi connectivity index (χ2n) is 4.72. The smallest absolute Gasteiger partial charge is 0.255 e. The molecule has 0 aliphatic carbocycles. The standard InChI is InChI=1S/C13H17FN2O2/c1-8-2-4-10(7-15-8)16-13(18)11-5-3-9(14)6-12(11)17/h3,5-6,8,10,15,17H,2,4,7H2,1H3,(H,16,18). The molecule has 1 heterocycles. The Labute approximate surface area is 105 Å². The number of phenols is 1. The minimum absolute atomic E-state index is 0.0538. The average molecular weight is 252 g/mol. The highest BCUT2D eigenvalue weighted by atomic mass is 19.1. The number of benzene rings is 1. The first-order valence-corrected chi connectivity index (χ1v) is 6.09. The molecule has 1 aliphatic rings. The molecule has 0 bridgehead atoms. The number of halogens is 1. The van der Waals surface area contributed by atoms with Crippen LogP contribution >= 0.6 is 0 Å². The molecule has 2 atom stereocenters. The van der Waals surface area contributed by atoms with E-state index in [2.05, 4.69) is 17.6 Å². The molecule has 18 heavy (non-hydrogen) atoms. The van der Waals surface area contributed by atoms with Gasteiger partial charge in [-0.1, -0.05) is 0 Å². The predicted molar refractivity (Wildman–Crippen MR) is 66.0 cm³/mol. The molecule has 0 radical (unpaired) electrons. The molecule has 5 heteroatoms. The maximum Gasteiger partial charge on any atom is 0.255 e. The lowest BCUT2D eigenvalue weighted by atomic mass is 10.0. The number of piperidine rings is 1. The second-order valence-corrected chi connectivity index (χ2v) is 4.72. The van der Waals surface area contributed by atoms with Gasteiger partial charge in [0.15, 0.2) is 0 Å². The maximum absolute atomic E-state index is 12.8. The van der Waals surface area contributed by atoms with E-state index in [-0.39, 0.29) is 23.3 Å². The van der Waals surface area contributed by atoms with E-state index in [0.29, 0.717) is 6.04 Å². The Morgan fingerprint density at radius 3 is 2.89 bits per heavy atom. The van der Waals surface area contributed by atoms with Gasteiger partial charge in [0, 0.05) is 24.7 Å². The maximum atomic E-state index is 12.8. The van der Waals surface area contributed by atoms with E-state index in [4.69, 9.17) is 0 Å². The Kier molecular flexibility index (Phi) is 3.81. The second kappa shape index (κ2) is 5.35. The van der Waals surface area contributed by atoms with Crippen LogP contribution in [0.2, 0.25) is 0 Å². The molecule has 1 aliphatic heterocycles. The molecule has 2 unspecified atom stereocenters. The summed E-state index contributed by atoms with van der Waals surface area (Å²) in [7, 11) is 0. The van der Waals surface area contributed by atoms with Crippen molar-refractivity contribution in [3.05, 3.63) is 29.6 Å². The summed E-state index contributed by atoms with van der Waals surface area (Å²) in [4.78, 5) is 11.9. The molecule has 1 fully saturated rings. The molecular formula is C13H17FN2O2. The van der Waals surface area contributed by atoms with E-state index >= 15 is 0 Å². The highest BCUT2D eigenvalue weighted by molar-refractivity contribution is 5.96. The third-order valence-corrected chi connectivity index (χ3v) is 3.20. The van der Waals surface area contributed by atoms with Crippen molar-refractivity contribution in [3.63, 3.8) is 0 Å². The normalized spacial score (nSPS) is 23.7. The van der Waals surface area contributed by atoms with Crippen molar-refractivity contribution < 1.29 is 14.3 Å². The van der Waals surface area contributed by atoms with Gasteiger partial charge in [-0.2, -0.15) is 0 Å². The van der Waals surface area contributed by atoms with Gasteiger partial charge in [0.2, 0.25) is 0 Å². The molecule has 1 aromatic rings. The number of rotatable bonds is 2. The summed E-state index contributed by atoms with van der Waals surface area (Å²) in [6.07, 6.45) is 1.90. The van der Waals surface area contributed by atoms with Gasteiger partial charge in [0.25, 0.3) is 5.91 Å². The minimum atomic E-state index is -0.558. The zero-order valence-electron chi connectivity index (χ0n) is 10.2. The van der Waals surface area contributed by atoms with Gasteiger partial charge >= 0.3 is 0 Å². The predicted octanol–water partition coefficient (Wildman–Crippen LogP) is 1.40. The lowest BCUT2D eigenvalue weighted by Crippen LogP contribution is -2.48. The Hall–Kier alpha value is -1.62. The SMILES string of the molecule is CC1CCC(NC(=O)c2ccc(F)cc2O)CN1. The van der Waals surface area contributed by atoms with E-state index in [0.717, 1.165) is 31.5 Å². The monoisotopic (exact) mass is 252 g/mol. The number of hydrogen-bond donors (Lipinski definition) is 3. The molecule has 0 spiro atoms. The van der Waals surface area contributed by atoms with Gasteiger partial charge in [-0.3, -0.25) is 4.79 Å². The summed E-state index contributed by atoms with van der Waals surface area (Å²) in [5.74, 6) is -1.25. The summed E-state index contributed by atoms with van der Waals surface area (Å²) in [6, 6.07) is 3.92. The summed E-state index contributed by atoms with van der Waals surface area (Å²) in [5, 5.41) is 15.6. The number of carbonyl (C=O) groups is 1. The first-order chi connectivity index (χ1) is 8.56. The Morgan fingerprint density at radius 2 is 2.28 bits per heavy atom. The van der Waals surface area contributed by atoms with Crippen molar-refractivity contribution in [1.82, 2.24) is 10.6 Å². The van der Waals surface area contributed by atoms with E-state index < -0.39 is 5.82 Å². The summed E-state index contributed by atoms with van der Waals surface area (Å²) < 4.78 is 12.8. The molecular weight excluding hydrogens is 235 g/mol. The zero-order valence-corrected chi connectivity index (χ0v) is 10.2. The lowest BCUT2D eigenvalue weighted by molar-refractivity contribution is 0.0925. The van der Waals surface area contributed by atoms with Crippen molar-refractivity contribution in [3.8, 4) is 5.75 Å². The van der Waals surface area contributed by atoms with Gasteiger partial charge in [0.05, 0.1) is 5.56 Å². The number of amides is 1. The zero-order chi connectivity index (χ0) is 13.1. The molecule has 98 valence electrons. The molecule has 1 saturated heterocycles. The van der Waals surface area contributed by atoms with Crippen molar-refractivity contribution in [2.75, 3.05) is 6.54 Å². The van der Waals surface area contributed by atoms with Gasteiger partial charge in [-0.25, -0.2) is 4.39 Å². The van der Waals surface area contributed by atoms with Gasteiger partial charge in [0.1, 0.15) is 11.6 Å². The van der Waals surface area contributed by atoms with E-state index in [1.165, 1.54) is 6.07 Å². The fraction of sp³-hybridized carbons (Fsp3) is 0.462. The van der Waals surface area contributed by atoms with Crippen molar-refractivity contribution in [2.45, 2.75) is 31.8 Å². The van der Waals surface area contributed by atoms with Gasteiger partial charge < -0.3 is 15.7 Å². The van der Waals surface area contributed by atoms with Crippen LogP contribution < -0.4 is 10.6 Å². The van der Waals surface area contributed by atoms with Crippen LogP contribution in [0.25, 0.3) is 0 Å². The fourth-order valence-electron chi connectivity index (χ4n) is 2.08. The molecule has 1 amide bonds. The topological polar surface area (TPSA) is 61.4 Å². The number of carbonyl (C=O) groups excluding carboxylic acids is 1. The number of phenolic OH excluding ortho intramolecular Hbond substituents is 1. The lowest BCUT2D eigenvalue weighted by Gasteiger charge is -2.28. The molecule has 2 rings (SSSR count). The Bertz CT molecular complexity index is 443. The van der Waals surface area contributed by atoms with Crippen molar-refractivity contribution in [2.24, 2.45) is 0 Å². The van der Waals surface area contributed by atoms with Crippen LogP contribution in [0.1, 0.15) is 30.1 Å². The van der Waals surface area contributed by atoms with Crippen LogP contribution in [-0.4, -0.2) is 29.6 Å². The number of nitrogens with one attached hydrogen (secondary N) is 2. The third-order valence-electron chi connectivity index (χ3n) is 3.20. The van der Waals surface area contributed by atoms with E-state index in [1.54, 1.807) is 0 Å². The van der Waals surface area contributed by atoms with E-state index in [9.17, 15) is 14.3 Å². The Balaban J connectivity index is 1.99. The van der Waals surface area contributed by atoms with Crippen LogP contribution in [0.4, 0.5) is 4.39 Å². The van der Waals surface area contributed by atoms with Crippen LogP contribution in [0.3, 0.4) is 0 Å². The minimum Gasteiger partial charge on any atom is -0.507 e. The highest BCUT2D eigenvalue weighted by Crippen LogP contribution is 2.18. The highest BCUT2D eigenvalue weighted by Gasteiger charge is 2.21. The van der Waals surface area contributed by atoms with Crippen LogP contribution in [0.5, 0.6) is 5.75 Å². The van der Waals surface area contributed by atoms with Crippen LogP contribution in [0.15, 0.2) is 18.2 Å². The van der Waals surface area contributed by atoms with Gasteiger partial charge in [-0.05, 0) is 31.9 Å². The first-order valence-electron chi connectivity index (χ1n) is 6.09. The summed E-state index contributed by atoms with van der Waals surface area (Å²) >= 11 is 0. The number of aromatic hydroxyl groups is 1. The first kappa shape index (κ1) is 12.8.